The fourth-order valence-corrected chi connectivity index (χ4v) is 3.68. The van der Waals surface area contributed by atoms with E-state index in [1.165, 1.54) is 25.7 Å². The first-order valence-electron chi connectivity index (χ1n) is 7.10. The molecule has 1 aliphatic carbocycles. The summed E-state index contributed by atoms with van der Waals surface area (Å²) >= 11 is 0. The molecule has 17 heavy (non-hydrogen) atoms. The van der Waals surface area contributed by atoms with E-state index in [1.54, 1.807) is 0 Å². The van der Waals surface area contributed by atoms with Gasteiger partial charge in [0.1, 0.15) is 0 Å². The van der Waals surface area contributed by atoms with Gasteiger partial charge in [-0.1, -0.05) is 13.3 Å². The largest absolute Gasteiger partial charge is 0.481 e. The van der Waals surface area contributed by atoms with Crippen LogP contribution in [-0.4, -0.2) is 34.6 Å². The molecule has 98 valence electrons. The van der Waals surface area contributed by atoms with Crippen LogP contribution in [0.5, 0.6) is 0 Å². The topological polar surface area (TPSA) is 40.5 Å². The Morgan fingerprint density at radius 3 is 2.59 bits per heavy atom. The zero-order chi connectivity index (χ0) is 12.4. The summed E-state index contributed by atoms with van der Waals surface area (Å²) in [6, 6.07) is 1.18. The van der Waals surface area contributed by atoms with Crippen LogP contribution in [0.4, 0.5) is 0 Å². The van der Waals surface area contributed by atoms with E-state index in [-0.39, 0.29) is 5.92 Å². The Kier molecular flexibility index (Phi) is 4.08. The Balaban J connectivity index is 1.89. The number of carboxylic acids is 1. The fourth-order valence-electron chi connectivity index (χ4n) is 3.68. The molecule has 3 nitrogen and oxygen atoms in total. The lowest BCUT2D eigenvalue weighted by Crippen LogP contribution is -2.47. The first kappa shape index (κ1) is 12.9. The minimum absolute atomic E-state index is 0.107. The SMILES string of the molecule is CCC1CCC(N2CCC(C(=O)O)CC2C)C1. The number of aliphatic carboxylic acids is 1. The van der Waals surface area contributed by atoms with Crippen molar-refractivity contribution in [2.75, 3.05) is 6.54 Å². The molecule has 0 bridgehead atoms. The molecule has 2 rings (SSSR count). The number of hydrogen-bond acceptors (Lipinski definition) is 2. The van der Waals surface area contributed by atoms with Crippen LogP contribution in [0.3, 0.4) is 0 Å². The van der Waals surface area contributed by atoms with E-state index in [0.29, 0.717) is 6.04 Å². The number of likely N-dealkylation sites (tertiary alicyclic amines) is 1. The summed E-state index contributed by atoms with van der Waals surface area (Å²) in [6.45, 7) is 5.47. The van der Waals surface area contributed by atoms with E-state index in [9.17, 15) is 4.79 Å². The number of carbonyl (C=O) groups is 1. The highest BCUT2D eigenvalue weighted by molar-refractivity contribution is 5.70. The quantitative estimate of drug-likeness (QED) is 0.823. The molecule has 4 unspecified atom stereocenters. The van der Waals surface area contributed by atoms with Crippen molar-refractivity contribution in [3.8, 4) is 0 Å². The van der Waals surface area contributed by atoms with Gasteiger partial charge in [0.05, 0.1) is 5.92 Å². The molecule has 0 amide bonds. The Morgan fingerprint density at radius 1 is 1.29 bits per heavy atom. The molecule has 1 saturated heterocycles. The molecule has 1 saturated carbocycles. The first-order valence-corrected chi connectivity index (χ1v) is 7.10. The van der Waals surface area contributed by atoms with Gasteiger partial charge >= 0.3 is 5.97 Å². The third-order valence-electron chi connectivity index (χ3n) is 4.84. The Labute approximate surface area is 104 Å². The van der Waals surface area contributed by atoms with Crippen molar-refractivity contribution in [3.05, 3.63) is 0 Å². The van der Waals surface area contributed by atoms with Crippen molar-refractivity contribution in [2.24, 2.45) is 11.8 Å². The molecule has 1 heterocycles. The molecule has 0 radical (unpaired) electrons. The molecule has 2 aliphatic rings. The van der Waals surface area contributed by atoms with Crippen molar-refractivity contribution in [1.82, 2.24) is 4.90 Å². The average Bonchev–Trinajstić information content (AvgIpc) is 2.77. The minimum Gasteiger partial charge on any atom is -0.481 e. The monoisotopic (exact) mass is 239 g/mol. The third kappa shape index (κ3) is 2.82. The van der Waals surface area contributed by atoms with Gasteiger partial charge in [-0.3, -0.25) is 9.69 Å². The van der Waals surface area contributed by atoms with Gasteiger partial charge in [0, 0.05) is 12.1 Å². The van der Waals surface area contributed by atoms with E-state index in [2.05, 4.69) is 18.7 Å². The van der Waals surface area contributed by atoms with Gasteiger partial charge in [0.25, 0.3) is 0 Å². The maximum absolute atomic E-state index is 11.0. The Morgan fingerprint density at radius 2 is 2.06 bits per heavy atom. The molecule has 1 N–H and O–H groups in total. The number of rotatable bonds is 3. The molecule has 2 fully saturated rings. The van der Waals surface area contributed by atoms with E-state index >= 15 is 0 Å². The predicted octanol–water partition coefficient (Wildman–Crippen LogP) is 2.75. The predicted molar refractivity (Wildman–Crippen MR) is 67.9 cm³/mol. The lowest BCUT2D eigenvalue weighted by atomic mass is 9.90. The fraction of sp³-hybridized carbons (Fsp3) is 0.929. The van der Waals surface area contributed by atoms with Crippen LogP contribution in [0, 0.1) is 11.8 Å². The van der Waals surface area contributed by atoms with Crippen LogP contribution in [0.1, 0.15) is 52.4 Å². The zero-order valence-corrected chi connectivity index (χ0v) is 11.1. The van der Waals surface area contributed by atoms with Crippen molar-refractivity contribution < 1.29 is 9.90 Å². The molecule has 0 aromatic carbocycles. The van der Waals surface area contributed by atoms with Gasteiger partial charge in [0.2, 0.25) is 0 Å². The van der Waals surface area contributed by atoms with Crippen molar-refractivity contribution in [3.63, 3.8) is 0 Å². The van der Waals surface area contributed by atoms with Gasteiger partial charge in [-0.15, -0.1) is 0 Å². The van der Waals surface area contributed by atoms with Crippen molar-refractivity contribution in [1.29, 1.82) is 0 Å². The molecule has 0 spiro atoms. The first-order chi connectivity index (χ1) is 8.11. The van der Waals surface area contributed by atoms with E-state index < -0.39 is 5.97 Å². The lowest BCUT2D eigenvalue weighted by molar-refractivity contribution is -0.144. The summed E-state index contributed by atoms with van der Waals surface area (Å²) in [5, 5.41) is 9.07. The van der Waals surface area contributed by atoms with Gasteiger partial charge in [-0.05, 0) is 51.5 Å². The van der Waals surface area contributed by atoms with Crippen LogP contribution in [0.2, 0.25) is 0 Å². The third-order valence-corrected chi connectivity index (χ3v) is 4.84. The van der Waals surface area contributed by atoms with Crippen LogP contribution in [-0.2, 0) is 4.79 Å². The van der Waals surface area contributed by atoms with Gasteiger partial charge in [-0.25, -0.2) is 0 Å². The number of nitrogens with zero attached hydrogens (tertiary/aromatic N) is 1. The maximum atomic E-state index is 11.0. The highest BCUT2D eigenvalue weighted by Gasteiger charge is 2.36. The van der Waals surface area contributed by atoms with E-state index in [0.717, 1.165) is 31.3 Å². The molecule has 4 atom stereocenters. The standard InChI is InChI=1S/C14H25NO2/c1-3-11-4-5-13(9-11)15-7-6-12(14(16)17)8-10(15)2/h10-13H,3-9H2,1-2H3,(H,16,17). The Hall–Kier alpha value is -0.570. The summed E-state index contributed by atoms with van der Waals surface area (Å²) in [7, 11) is 0. The van der Waals surface area contributed by atoms with Crippen molar-refractivity contribution >= 4 is 5.97 Å². The smallest absolute Gasteiger partial charge is 0.306 e. The minimum atomic E-state index is -0.602. The van der Waals surface area contributed by atoms with Gasteiger partial charge in [0.15, 0.2) is 0 Å². The van der Waals surface area contributed by atoms with Crippen molar-refractivity contribution in [2.45, 2.75) is 64.5 Å². The molecular formula is C14H25NO2. The van der Waals surface area contributed by atoms with Crippen LogP contribution < -0.4 is 0 Å². The normalized spacial score (nSPS) is 39.4. The second-order valence-electron chi connectivity index (χ2n) is 5.89. The summed E-state index contributed by atoms with van der Waals surface area (Å²) in [6.07, 6.45) is 7.00. The van der Waals surface area contributed by atoms with Crippen LogP contribution in [0.15, 0.2) is 0 Å². The molecule has 0 aromatic rings. The van der Waals surface area contributed by atoms with E-state index in [4.69, 9.17) is 5.11 Å². The van der Waals surface area contributed by atoms with Crippen LogP contribution in [0.25, 0.3) is 0 Å². The van der Waals surface area contributed by atoms with Gasteiger partial charge < -0.3 is 5.11 Å². The molecule has 0 aromatic heterocycles. The van der Waals surface area contributed by atoms with Crippen LogP contribution >= 0.6 is 0 Å². The second kappa shape index (κ2) is 5.38. The highest BCUT2D eigenvalue weighted by Crippen LogP contribution is 2.35. The Bertz CT molecular complexity index is 279. The molecule has 1 aliphatic heterocycles. The summed E-state index contributed by atoms with van der Waals surface area (Å²) in [4.78, 5) is 13.6. The molecule has 3 heteroatoms. The lowest BCUT2D eigenvalue weighted by Gasteiger charge is -2.40. The van der Waals surface area contributed by atoms with Gasteiger partial charge in [-0.2, -0.15) is 0 Å². The maximum Gasteiger partial charge on any atom is 0.306 e. The second-order valence-corrected chi connectivity index (χ2v) is 5.89. The summed E-state index contributed by atoms with van der Waals surface area (Å²) in [5.74, 6) is 0.198. The highest BCUT2D eigenvalue weighted by atomic mass is 16.4. The summed E-state index contributed by atoms with van der Waals surface area (Å²) in [5.41, 5.74) is 0. The molecular weight excluding hydrogens is 214 g/mol. The number of hydrogen-bond donors (Lipinski definition) is 1. The number of piperidine rings is 1. The van der Waals surface area contributed by atoms with E-state index in [1.807, 2.05) is 0 Å². The summed E-state index contributed by atoms with van der Waals surface area (Å²) < 4.78 is 0. The average molecular weight is 239 g/mol. The number of carboxylic acid groups (broad SMARTS) is 1. The zero-order valence-electron chi connectivity index (χ0n) is 11.1.